The van der Waals surface area contributed by atoms with E-state index in [2.05, 4.69) is 12.2 Å². The Labute approximate surface area is 107 Å². The number of esters is 1. The van der Waals surface area contributed by atoms with Crippen LogP contribution in [0.1, 0.15) is 26.2 Å². The van der Waals surface area contributed by atoms with Crippen molar-refractivity contribution in [3.8, 4) is 11.5 Å². The molecule has 1 aromatic rings. The Hall–Kier alpha value is -1.77. The molecule has 1 atom stereocenters. The van der Waals surface area contributed by atoms with Crippen LogP contribution in [-0.2, 0) is 4.79 Å². The number of carbonyl (C=O) groups excluding carboxylic acids is 1. The lowest BCUT2D eigenvalue weighted by Crippen LogP contribution is -2.12. The van der Waals surface area contributed by atoms with Crippen LogP contribution in [0.5, 0.6) is 11.5 Å². The summed E-state index contributed by atoms with van der Waals surface area (Å²) < 4.78 is 10.8. The normalized spacial score (nSPS) is 17.7. The van der Waals surface area contributed by atoms with E-state index >= 15 is 0 Å². The lowest BCUT2D eigenvalue weighted by molar-refractivity contribution is -0.135. The molecule has 0 bridgehead atoms. The van der Waals surface area contributed by atoms with Gasteiger partial charge in [0.15, 0.2) is 11.5 Å². The first kappa shape index (κ1) is 12.7. The lowest BCUT2D eigenvalue weighted by atomic mass is 10.1. The number of carbonyl (C=O) groups is 1. The highest BCUT2D eigenvalue weighted by molar-refractivity contribution is 5.73. The Morgan fingerprint density at radius 1 is 1.33 bits per heavy atom. The van der Waals surface area contributed by atoms with Gasteiger partial charge < -0.3 is 9.47 Å². The van der Waals surface area contributed by atoms with Gasteiger partial charge in [-0.15, -0.1) is 0 Å². The van der Waals surface area contributed by atoms with Crippen molar-refractivity contribution in [2.45, 2.75) is 26.2 Å². The van der Waals surface area contributed by atoms with E-state index in [1.807, 2.05) is 25.1 Å². The molecule has 3 heteroatoms. The maximum absolute atomic E-state index is 11.8. The summed E-state index contributed by atoms with van der Waals surface area (Å²) in [6, 6.07) is 7.26. The number of hydrogen-bond donors (Lipinski definition) is 0. The van der Waals surface area contributed by atoms with Crippen molar-refractivity contribution < 1.29 is 14.3 Å². The molecule has 0 saturated carbocycles. The molecular weight excluding hydrogens is 228 g/mol. The van der Waals surface area contributed by atoms with Gasteiger partial charge in [-0.05, 0) is 37.8 Å². The first-order chi connectivity index (χ1) is 8.79. The van der Waals surface area contributed by atoms with Crippen LogP contribution < -0.4 is 9.47 Å². The fourth-order valence-corrected chi connectivity index (χ4v) is 2.05. The molecule has 0 spiro atoms. The van der Waals surface area contributed by atoms with Crippen LogP contribution in [0.4, 0.5) is 0 Å². The Kier molecular flexibility index (Phi) is 4.40. The quantitative estimate of drug-likeness (QED) is 0.454. The molecule has 0 saturated heterocycles. The molecule has 2 rings (SSSR count). The number of hydrogen-bond acceptors (Lipinski definition) is 3. The van der Waals surface area contributed by atoms with E-state index in [1.165, 1.54) is 0 Å². The molecule has 96 valence electrons. The van der Waals surface area contributed by atoms with Gasteiger partial charge in [-0.2, -0.15) is 0 Å². The summed E-state index contributed by atoms with van der Waals surface area (Å²) in [5.74, 6) is 1.26. The summed E-state index contributed by atoms with van der Waals surface area (Å²) in [6.45, 7) is 2.46. The number of allylic oxidation sites excluding steroid dienone is 2. The van der Waals surface area contributed by atoms with Crippen molar-refractivity contribution in [2.75, 3.05) is 6.61 Å². The minimum absolute atomic E-state index is 0.196. The summed E-state index contributed by atoms with van der Waals surface area (Å²) in [6.07, 6.45) is 6.76. The van der Waals surface area contributed by atoms with E-state index in [1.54, 1.807) is 6.07 Å². The van der Waals surface area contributed by atoms with E-state index in [0.717, 1.165) is 12.8 Å². The summed E-state index contributed by atoms with van der Waals surface area (Å²) in [5, 5.41) is 0. The van der Waals surface area contributed by atoms with Gasteiger partial charge in [0.2, 0.25) is 0 Å². The van der Waals surface area contributed by atoms with Crippen molar-refractivity contribution in [3.63, 3.8) is 0 Å². The number of benzene rings is 1. The Bertz CT molecular complexity index is 437. The highest BCUT2D eigenvalue weighted by Crippen LogP contribution is 2.28. The predicted octanol–water partition coefficient (Wildman–Crippen LogP) is 3.35. The number of rotatable bonds is 5. The second-order valence-corrected chi connectivity index (χ2v) is 4.32. The smallest absolute Gasteiger partial charge is 0.311 e. The zero-order valence-corrected chi connectivity index (χ0v) is 10.6. The first-order valence-electron chi connectivity index (χ1n) is 6.38. The fourth-order valence-electron chi connectivity index (χ4n) is 2.05. The molecule has 0 aliphatic heterocycles. The second kappa shape index (κ2) is 6.24. The topological polar surface area (TPSA) is 35.5 Å². The molecule has 3 nitrogen and oxygen atoms in total. The van der Waals surface area contributed by atoms with Crippen LogP contribution >= 0.6 is 0 Å². The minimum Gasteiger partial charge on any atom is -0.490 e. The third kappa shape index (κ3) is 3.36. The van der Waals surface area contributed by atoms with Crippen molar-refractivity contribution in [2.24, 2.45) is 5.92 Å². The van der Waals surface area contributed by atoms with Crippen molar-refractivity contribution >= 4 is 5.97 Å². The molecule has 0 radical (unpaired) electrons. The molecule has 0 heterocycles. The molecular formula is C15H18O3. The number of para-hydroxylation sites is 2. The standard InChI is InChI=1S/C15H18O3/c1-2-17-13-9-5-6-10-14(13)18-15(16)11-12-7-3-4-8-12/h3,5-7,9-10,12H,2,4,8,11H2,1H3. The van der Waals surface area contributed by atoms with Gasteiger partial charge in [-0.3, -0.25) is 4.79 Å². The largest absolute Gasteiger partial charge is 0.490 e. The fraction of sp³-hybridized carbons (Fsp3) is 0.400. The Morgan fingerprint density at radius 2 is 2.11 bits per heavy atom. The van der Waals surface area contributed by atoms with Gasteiger partial charge >= 0.3 is 5.97 Å². The predicted molar refractivity (Wildman–Crippen MR) is 69.7 cm³/mol. The van der Waals surface area contributed by atoms with Crippen molar-refractivity contribution in [1.82, 2.24) is 0 Å². The van der Waals surface area contributed by atoms with E-state index in [4.69, 9.17) is 9.47 Å². The molecule has 0 N–H and O–H groups in total. The maximum Gasteiger partial charge on any atom is 0.311 e. The van der Waals surface area contributed by atoms with Crippen LogP contribution in [0.2, 0.25) is 0 Å². The second-order valence-electron chi connectivity index (χ2n) is 4.32. The third-order valence-electron chi connectivity index (χ3n) is 2.91. The average Bonchev–Trinajstić information content (AvgIpc) is 2.84. The third-order valence-corrected chi connectivity index (χ3v) is 2.91. The zero-order chi connectivity index (χ0) is 12.8. The van der Waals surface area contributed by atoms with Gasteiger partial charge in [0.05, 0.1) is 13.0 Å². The van der Waals surface area contributed by atoms with Gasteiger partial charge in [0, 0.05) is 0 Å². The number of ether oxygens (including phenoxy) is 2. The van der Waals surface area contributed by atoms with Crippen molar-refractivity contribution in [1.29, 1.82) is 0 Å². The summed E-state index contributed by atoms with van der Waals surface area (Å²) >= 11 is 0. The van der Waals surface area contributed by atoms with Crippen LogP contribution in [-0.4, -0.2) is 12.6 Å². The average molecular weight is 246 g/mol. The van der Waals surface area contributed by atoms with Gasteiger partial charge in [-0.25, -0.2) is 0 Å². The SMILES string of the molecule is CCOc1ccccc1OC(=O)CC1C=CCC1. The highest BCUT2D eigenvalue weighted by atomic mass is 16.6. The molecule has 1 unspecified atom stereocenters. The molecule has 1 aliphatic carbocycles. The summed E-state index contributed by atoms with van der Waals surface area (Å²) in [7, 11) is 0. The first-order valence-corrected chi connectivity index (χ1v) is 6.38. The lowest BCUT2D eigenvalue weighted by Gasteiger charge is -2.11. The maximum atomic E-state index is 11.8. The van der Waals surface area contributed by atoms with Crippen LogP contribution in [0.3, 0.4) is 0 Å². The Morgan fingerprint density at radius 3 is 2.78 bits per heavy atom. The zero-order valence-electron chi connectivity index (χ0n) is 10.6. The van der Waals surface area contributed by atoms with E-state index in [0.29, 0.717) is 30.4 Å². The Balaban J connectivity index is 1.95. The minimum atomic E-state index is -0.196. The van der Waals surface area contributed by atoms with Gasteiger partial charge in [-0.1, -0.05) is 24.3 Å². The van der Waals surface area contributed by atoms with Gasteiger partial charge in [0.1, 0.15) is 0 Å². The molecule has 1 aromatic carbocycles. The molecule has 0 amide bonds. The monoisotopic (exact) mass is 246 g/mol. The summed E-state index contributed by atoms with van der Waals surface area (Å²) in [5.41, 5.74) is 0. The van der Waals surface area contributed by atoms with Crippen LogP contribution in [0.25, 0.3) is 0 Å². The summed E-state index contributed by atoms with van der Waals surface area (Å²) in [4.78, 5) is 11.8. The molecule has 18 heavy (non-hydrogen) atoms. The van der Waals surface area contributed by atoms with Crippen LogP contribution in [0.15, 0.2) is 36.4 Å². The van der Waals surface area contributed by atoms with E-state index in [-0.39, 0.29) is 5.97 Å². The highest BCUT2D eigenvalue weighted by Gasteiger charge is 2.16. The van der Waals surface area contributed by atoms with Crippen molar-refractivity contribution in [3.05, 3.63) is 36.4 Å². The van der Waals surface area contributed by atoms with E-state index in [9.17, 15) is 4.79 Å². The van der Waals surface area contributed by atoms with Crippen LogP contribution in [0, 0.1) is 5.92 Å². The molecule has 0 fully saturated rings. The molecule has 0 aromatic heterocycles. The van der Waals surface area contributed by atoms with E-state index < -0.39 is 0 Å². The molecule has 1 aliphatic rings. The van der Waals surface area contributed by atoms with Gasteiger partial charge in [0.25, 0.3) is 0 Å².